The van der Waals surface area contributed by atoms with Gasteiger partial charge in [-0.25, -0.2) is 4.79 Å². The molecule has 78 valence electrons. The van der Waals surface area contributed by atoms with Gasteiger partial charge in [0.2, 0.25) is 0 Å². The van der Waals surface area contributed by atoms with Gasteiger partial charge in [-0.15, -0.1) is 5.10 Å². The first-order chi connectivity index (χ1) is 7.33. The van der Waals surface area contributed by atoms with E-state index >= 15 is 0 Å². The Bertz CT molecular complexity index is 450. The van der Waals surface area contributed by atoms with E-state index in [1.165, 1.54) is 6.26 Å². The van der Waals surface area contributed by atoms with Crippen molar-refractivity contribution in [2.45, 2.75) is 6.92 Å². The Morgan fingerprint density at radius 1 is 1.67 bits per heavy atom. The number of hydrogen-bond donors (Lipinski definition) is 0. The highest BCUT2D eigenvalue weighted by Crippen LogP contribution is 2.24. The standard InChI is InChI=1S/C9H8N2O3S/c1-2-13-9(12)8-7(10-11-15-8)6-4-3-5-14-6/h3-5H,2H2,1H3. The minimum Gasteiger partial charge on any atom is -0.463 e. The molecule has 0 N–H and O–H groups in total. The molecule has 0 saturated carbocycles. The summed E-state index contributed by atoms with van der Waals surface area (Å²) in [5.74, 6) is 0.103. The first-order valence-corrected chi connectivity index (χ1v) is 5.13. The second kappa shape index (κ2) is 4.22. The quantitative estimate of drug-likeness (QED) is 0.746. The lowest BCUT2D eigenvalue weighted by molar-refractivity contribution is 0.0532. The van der Waals surface area contributed by atoms with Crippen LogP contribution >= 0.6 is 11.5 Å². The Balaban J connectivity index is 2.34. The van der Waals surface area contributed by atoms with Crippen molar-refractivity contribution < 1.29 is 13.9 Å². The van der Waals surface area contributed by atoms with Gasteiger partial charge in [0.15, 0.2) is 16.3 Å². The molecule has 0 spiro atoms. The normalized spacial score (nSPS) is 10.2. The predicted molar refractivity (Wildman–Crippen MR) is 53.6 cm³/mol. The Kier molecular flexibility index (Phi) is 2.77. The minimum absolute atomic E-state index is 0.328. The summed E-state index contributed by atoms with van der Waals surface area (Å²) in [6.45, 7) is 2.08. The summed E-state index contributed by atoms with van der Waals surface area (Å²) in [6.07, 6.45) is 1.52. The van der Waals surface area contributed by atoms with Gasteiger partial charge >= 0.3 is 5.97 Å². The number of hydrogen-bond acceptors (Lipinski definition) is 6. The molecule has 0 amide bonds. The molecular formula is C9H8N2O3S. The summed E-state index contributed by atoms with van der Waals surface area (Å²) in [6, 6.07) is 3.45. The number of rotatable bonds is 3. The van der Waals surface area contributed by atoms with Gasteiger partial charge in [-0.2, -0.15) is 0 Å². The van der Waals surface area contributed by atoms with E-state index in [1.54, 1.807) is 19.1 Å². The number of nitrogens with zero attached hydrogens (tertiary/aromatic N) is 2. The highest BCUT2D eigenvalue weighted by atomic mass is 32.1. The van der Waals surface area contributed by atoms with Crippen LogP contribution < -0.4 is 0 Å². The molecule has 6 heteroatoms. The molecule has 2 aromatic rings. The molecule has 0 saturated heterocycles. The minimum atomic E-state index is -0.418. The smallest absolute Gasteiger partial charge is 0.352 e. The number of carbonyl (C=O) groups is 1. The lowest BCUT2D eigenvalue weighted by Crippen LogP contribution is -2.03. The maximum atomic E-state index is 11.5. The number of furan rings is 1. The molecule has 0 aliphatic rings. The molecule has 15 heavy (non-hydrogen) atoms. The van der Waals surface area contributed by atoms with Gasteiger partial charge in [-0.05, 0) is 30.6 Å². The van der Waals surface area contributed by atoms with E-state index in [9.17, 15) is 4.79 Å². The molecule has 0 bridgehead atoms. The van der Waals surface area contributed by atoms with Crippen LogP contribution in [0, 0.1) is 0 Å². The molecule has 5 nitrogen and oxygen atoms in total. The highest BCUT2D eigenvalue weighted by Gasteiger charge is 2.20. The predicted octanol–water partition coefficient (Wildman–Crippen LogP) is 1.97. The SMILES string of the molecule is CCOC(=O)c1snnc1-c1ccco1. The van der Waals surface area contributed by atoms with Gasteiger partial charge < -0.3 is 9.15 Å². The third-order valence-corrected chi connectivity index (χ3v) is 2.41. The van der Waals surface area contributed by atoms with Crippen LogP contribution in [0.3, 0.4) is 0 Å². The summed E-state index contributed by atoms with van der Waals surface area (Å²) in [4.78, 5) is 11.9. The fraction of sp³-hybridized carbons (Fsp3) is 0.222. The monoisotopic (exact) mass is 224 g/mol. The van der Waals surface area contributed by atoms with E-state index in [-0.39, 0.29) is 0 Å². The highest BCUT2D eigenvalue weighted by molar-refractivity contribution is 7.08. The number of carbonyl (C=O) groups excluding carboxylic acids is 1. The van der Waals surface area contributed by atoms with Crippen LogP contribution in [-0.4, -0.2) is 22.2 Å². The molecule has 2 rings (SSSR count). The number of aromatic nitrogens is 2. The summed E-state index contributed by atoms with van der Waals surface area (Å²) in [5.41, 5.74) is 0.434. The van der Waals surface area contributed by atoms with E-state index in [1.807, 2.05) is 0 Å². The van der Waals surface area contributed by atoms with Crippen LogP contribution in [0.25, 0.3) is 11.5 Å². The van der Waals surface area contributed by atoms with Crippen molar-refractivity contribution in [3.05, 3.63) is 23.3 Å². The van der Waals surface area contributed by atoms with E-state index < -0.39 is 5.97 Å². The third kappa shape index (κ3) is 1.89. The molecule has 0 aliphatic carbocycles. The summed E-state index contributed by atoms with van der Waals surface area (Å²) in [5, 5.41) is 3.84. The molecule has 2 aromatic heterocycles. The van der Waals surface area contributed by atoms with Crippen molar-refractivity contribution in [3.8, 4) is 11.5 Å². The van der Waals surface area contributed by atoms with Gasteiger partial charge in [-0.1, -0.05) is 4.49 Å². The molecular weight excluding hydrogens is 216 g/mol. The van der Waals surface area contributed by atoms with Crippen molar-refractivity contribution in [2.24, 2.45) is 0 Å². The van der Waals surface area contributed by atoms with E-state index in [4.69, 9.17) is 9.15 Å². The van der Waals surface area contributed by atoms with Crippen LogP contribution in [-0.2, 0) is 4.74 Å². The van der Waals surface area contributed by atoms with Gasteiger partial charge in [-0.3, -0.25) is 0 Å². The van der Waals surface area contributed by atoms with E-state index in [0.29, 0.717) is 22.9 Å². The van der Waals surface area contributed by atoms with Crippen molar-refractivity contribution >= 4 is 17.5 Å². The average molecular weight is 224 g/mol. The summed E-state index contributed by atoms with van der Waals surface area (Å²) >= 11 is 1.00. The summed E-state index contributed by atoms with van der Waals surface area (Å²) in [7, 11) is 0. The van der Waals surface area contributed by atoms with Crippen LogP contribution in [0.15, 0.2) is 22.8 Å². The van der Waals surface area contributed by atoms with Crippen molar-refractivity contribution in [1.29, 1.82) is 0 Å². The van der Waals surface area contributed by atoms with E-state index in [0.717, 1.165) is 11.5 Å². The van der Waals surface area contributed by atoms with Crippen LogP contribution in [0.2, 0.25) is 0 Å². The topological polar surface area (TPSA) is 65.2 Å². The van der Waals surface area contributed by atoms with Crippen LogP contribution in [0.1, 0.15) is 16.6 Å². The third-order valence-electron chi connectivity index (χ3n) is 1.70. The van der Waals surface area contributed by atoms with Crippen LogP contribution in [0.5, 0.6) is 0 Å². The first kappa shape index (κ1) is 9.85. The van der Waals surface area contributed by atoms with Crippen molar-refractivity contribution in [1.82, 2.24) is 9.59 Å². The molecule has 0 radical (unpaired) electrons. The molecule has 2 heterocycles. The maximum Gasteiger partial charge on any atom is 0.352 e. The zero-order valence-corrected chi connectivity index (χ0v) is 8.78. The largest absolute Gasteiger partial charge is 0.463 e. The van der Waals surface area contributed by atoms with E-state index in [2.05, 4.69) is 9.59 Å². The second-order valence-corrected chi connectivity index (χ2v) is 3.40. The van der Waals surface area contributed by atoms with Gasteiger partial charge in [0.05, 0.1) is 12.9 Å². The Labute approximate surface area is 89.8 Å². The average Bonchev–Trinajstić information content (AvgIpc) is 2.88. The first-order valence-electron chi connectivity index (χ1n) is 4.36. The molecule has 0 aliphatic heterocycles. The second-order valence-electron chi connectivity index (χ2n) is 2.65. The van der Waals surface area contributed by atoms with Gasteiger partial charge in [0.1, 0.15) is 0 Å². The fourth-order valence-electron chi connectivity index (χ4n) is 1.10. The zero-order valence-electron chi connectivity index (χ0n) is 7.97. The molecule has 0 unspecified atom stereocenters. The number of esters is 1. The Morgan fingerprint density at radius 3 is 3.20 bits per heavy atom. The Hall–Kier alpha value is -1.69. The van der Waals surface area contributed by atoms with Gasteiger partial charge in [0, 0.05) is 0 Å². The van der Waals surface area contributed by atoms with Crippen molar-refractivity contribution in [3.63, 3.8) is 0 Å². The maximum absolute atomic E-state index is 11.5. The molecule has 0 atom stereocenters. The fourth-order valence-corrected chi connectivity index (χ4v) is 1.66. The lowest BCUT2D eigenvalue weighted by atomic mass is 10.3. The van der Waals surface area contributed by atoms with Crippen molar-refractivity contribution in [2.75, 3.05) is 6.61 Å². The molecule has 0 aromatic carbocycles. The molecule has 0 fully saturated rings. The Morgan fingerprint density at radius 2 is 2.53 bits per heavy atom. The van der Waals surface area contributed by atoms with Crippen LogP contribution in [0.4, 0.5) is 0 Å². The van der Waals surface area contributed by atoms with Gasteiger partial charge in [0.25, 0.3) is 0 Å². The summed E-state index contributed by atoms with van der Waals surface area (Å²) < 4.78 is 13.7. The lowest BCUT2D eigenvalue weighted by Gasteiger charge is -1.98. The zero-order chi connectivity index (χ0) is 10.7. The number of ether oxygens (including phenoxy) is 1.